The number of halogens is 5. The molecule has 35 heavy (non-hydrogen) atoms. The van der Waals surface area contributed by atoms with Gasteiger partial charge >= 0.3 is 12.3 Å². The van der Waals surface area contributed by atoms with E-state index in [1.54, 1.807) is 23.9 Å². The lowest BCUT2D eigenvalue weighted by molar-refractivity contribution is -0.274. The molecule has 0 saturated carbocycles. The summed E-state index contributed by atoms with van der Waals surface area (Å²) in [6, 6.07) is 6.07. The molecule has 0 unspecified atom stereocenters. The van der Waals surface area contributed by atoms with Crippen LogP contribution in [0.2, 0.25) is 10.2 Å². The number of hydrogen-bond donors (Lipinski definition) is 1. The third-order valence-electron chi connectivity index (χ3n) is 6.40. The number of fused-ring (bicyclic) bond motifs is 1. The van der Waals surface area contributed by atoms with Crippen molar-refractivity contribution in [3.05, 3.63) is 57.5 Å². The van der Waals surface area contributed by atoms with Crippen molar-refractivity contribution in [1.29, 1.82) is 0 Å². The molecule has 0 aliphatic carbocycles. The summed E-state index contributed by atoms with van der Waals surface area (Å²) < 4.78 is 43.6. The molecule has 1 fully saturated rings. The maximum atomic E-state index is 12.6. The molecule has 1 aliphatic rings. The number of hydrogen-bond acceptors (Lipinski definition) is 4. The fourth-order valence-electron chi connectivity index (χ4n) is 4.57. The third-order valence-corrected chi connectivity index (χ3v) is 7.20. The summed E-state index contributed by atoms with van der Waals surface area (Å²) in [5.41, 5.74) is 2.86. The molecule has 1 aliphatic heterocycles. The van der Waals surface area contributed by atoms with Gasteiger partial charge in [0.15, 0.2) is 0 Å². The highest BCUT2D eigenvalue weighted by molar-refractivity contribution is 6.35. The number of benzene rings is 1. The first kappa shape index (κ1) is 25.6. The van der Waals surface area contributed by atoms with Gasteiger partial charge in [-0.3, -0.25) is 9.69 Å². The Bertz CT molecular complexity index is 1240. The second-order valence-electron chi connectivity index (χ2n) is 8.82. The van der Waals surface area contributed by atoms with Crippen molar-refractivity contribution in [2.24, 2.45) is 13.0 Å². The van der Waals surface area contributed by atoms with E-state index in [2.05, 4.69) is 14.6 Å². The quantitative estimate of drug-likeness (QED) is 0.377. The van der Waals surface area contributed by atoms with Gasteiger partial charge in [0.1, 0.15) is 10.9 Å². The van der Waals surface area contributed by atoms with Crippen molar-refractivity contribution in [3.8, 4) is 5.75 Å². The van der Waals surface area contributed by atoms with Gasteiger partial charge in [0.2, 0.25) is 0 Å². The van der Waals surface area contributed by atoms with E-state index in [-0.39, 0.29) is 23.2 Å². The van der Waals surface area contributed by atoms with E-state index in [1.807, 2.05) is 6.07 Å². The Balaban J connectivity index is 1.52. The fourth-order valence-corrected chi connectivity index (χ4v) is 5.09. The van der Waals surface area contributed by atoms with E-state index in [9.17, 15) is 18.0 Å². The predicted octanol–water partition coefficient (Wildman–Crippen LogP) is 6.06. The normalized spacial score (nSPS) is 15.6. The number of alkyl halides is 3. The Morgan fingerprint density at radius 1 is 1.23 bits per heavy atom. The Morgan fingerprint density at radius 3 is 2.60 bits per heavy atom. The maximum Gasteiger partial charge on any atom is 0.573 e. The predicted molar refractivity (Wildman–Crippen MR) is 127 cm³/mol. The largest absolute Gasteiger partial charge is 0.573 e. The Labute approximate surface area is 210 Å². The first-order chi connectivity index (χ1) is 16.5. The summed E-state index contributed by atoms with van der Waals surface area (Å²) in [7, 11) is 1.76. The highest BCUT2D eigenvalue weighted by Crippen LogP contribution is 2.33. The minimum Gasteiger partial charge on any atom is -0.481 e. The molecule has 2 aromatic heterocycles. The van der Waals surface area contributed by atoms with Crippen molar-refractivity contribution in [2.75, 3.05) is 13.1 Å². The first-order valence-electron chi connectivity index (χ1n) is 11.1. The van der Waals surface area contributed by atoms with Crippen LogP contribution in [0.3, 0.4) is 0 Å². The highest BCUT2D eigenvalue weighted by Gasteiger charge is 2.31. The number of ether oxygens (including phenoxy) is 1. The van der Waals surface area contributed by atoms with Gasteiger partial charge < -0.3 is 14.4 Å². The van der Waals surface area contributed by atoms with Crippen molar-refractivity contribution in [2.45, 2.75) is 38.6 Å². The monoisotopic (exact) mass is 529 g/mol. The molecule has 3 heterocycles. The van der Waals surface area contributed by atoms with Crippen LogP contribution in [-0.4, -0.2) is 45.0 Å². The minimum atomic E-state index is -4.76. The second-order valence-corrected chi connectivity index (χ2v) is 9.56. The van der Waals surface area contributed by atoms with Crippen LogP contribution in [0, 0.1) is 5.92 Å². The SMILES string of the molecule is Cn1c(Cc2c(Cl)ncc(CN3CCC(CC(=O)O)CC3)c2Cl)cc2ccc(OC(F)(F)F)cc21. The number of piperidine rings is 1. The Hall–Kier alpha value is -2.49. The van der Waals surface area contributed by atoms with E-state index < -0.39 is 12.3 Å². The van der Waals surface area contributed by atoms with Crippen LogP contribution >= 0.6 is 23.2 Å². The number of aromatic nitrogens is 2. The molecule has 1 saturated heterocycles. The maximum absolute atomic E-state index is 12.6. The molecule has 0 atom stereocenters. The zero-order valence-electron chi connectivity index (χ0n) is 18.9. The van der Waals surface area contributed by atoms with Gasteiger partial charge in [-0.05, 0) is 50.0 Å². The van der Waals surface area contributed by atoms with Gasteiger partial charge in [-0.2, -0.15) is 0 Å². The molecule has 0 amide bonds. The molecule has 1 N–H and O–H groups in total. The zero-order valence-corrected chi connectivity index (χ0v) is 20.4. The van der Waals surface area contributed by atoms with E-state index in [0.29, 0.717) is 29.1 Å². The van der Waals surface area contributed by atoms with Crippen molar-refractivity contribution >= 4 is 40.1 Å². The lowest BCUT2D eigenvalue weighted by Crippen LogP contribution is -2.34. The zero-order chi connectivity index (χ0) is 25.3. The van der Waals surface area contributed by atoms with E-state index >= 15 is 0 Å². The third kappa shape index (κ3) is 6.20. The topological polar surface area (TPSA) is 67.6 Å². The molecular formula is C24H24Cl2F3N3O3. The van der Waals surface area contributed by atoms with Crippen molar-refractivity contribution in [3.63, 3.8) is 0 Å². The van der Waals surface area contributed by atoms with E-state index in [0.717, 1.165) is 42.6 Å². The van der Waals surface area contributed by atoms with Crippen LogP contribution in [0.4, 0.5) is 13.2 Å². The summed E-state index contributed by atoms with van der Waals surface area (Å²) in [6.07, 6.45) is -0.947. The summed E-state index contributed by atoms with van der Waals surface area (Å²) in [6.45, 7) is 2.12. The molecular weight excluding hydrogens is 506 g/mol. The fraction of sp³-hybridized carbons (Fsp3) is 0.417. The second kappa shape index (κ2) is 10.2. The number of nitrogens with zero attached hydrogens (tertiary/aromatic N) is 3. The smallest absolute Gasteiger partial charge is 0.481 e. The summed E-state index contributed by atoms with van der Waals surface area (Å²) in [4.78, 5) is 17.5. The molecule has 0 spiro atoms. The minimum absolute atomic E-state index is 0.187. The molecule has 0 radical (unpaired) electrons. The van der Waals surface area contributed by atoms with Gasteiger partial charge in [0.05, 0.1) is 10.5 Å². The molecule has 11 heteroatoms. The Kier molecular flexibility index (Phi) is 7.49. The van der Waals surface area contributed by atoms with Gasteiger partial charge in [-0.15, -0.1) is 13.2 Å². The average Bonchev–Trinajstić information content (AvgIpc) is 3.08. The number of aryl methyl sites for hydroxylation is 1. The summed E-state index contributed by atoms with van der Waals surface area (Å²) in [5.74, 6) is -0.869. The summed E-state index contributed by atoms with van der Waals surface area (Å²) >= 11 is 13.1. The number of carbonyl (C=O) groups is 1. The first-order valence-corrected chi connectivity index (χ1v) is 11.9. The van der Waals surface area contributed by atoms with Crippen LogP contribution < -0.4 is 4.74 Å². The van der Waals surface area contributed by atoms with Crippen LogP contribution in [0.5, 0.6) is 5.75 Å². The van der Waals surface area contributed by atoms with E-state index in [1.165, 1.54) is 12.1 Å². The van der Waals surface area contributed by atoms with Gasteiger partial charge in [-0.25, -0.2) is 4.98 Å². The number of aliphatic carboxylic acids is 1. The number of likely N-dealkylation sites (tertiary alicyclic amines) is 1. The van der Waals surface area contributed by atoms with Crippen LogP contribution in [0.1, 0.15) is 36.1 Å². The Morgan fingerprint density at radius 2 is 1.94 bits per heavy atom. The number of rotatable bonds is 7. The molecule has 4 rings (SSSR count). The van der Waals surface area contributed by atoms with Crippen LogP contribution in [0.15, 0.2) is 30.5 Å². The van der Waals surface area contributed by atoms with Gasteiger partial charge in [-0.1, -0.05) is 23.2 Å². The van der Waals surface area contributed by atoms with Gasteiger partial charge in [0.25, 0.3) is 0 Å². The highest BCUT2D eigenvalue weighted by atomic mass is 35.5. The summed E-state index contributed by atoms with van der Waals surface area (Å²) in [5, 5.41) is 10.5. The van der Waals surface area contributed by atoms with Gasteiger partial charge in [0, 0.05) is 60.9 Å². The lowest BCUT2D eigenvalue weighted by Gasteiger charge is -2.31. The molecule has 6 nitrogen and oxygen atoms in total. The average molecular weight is 530 g/mol. The molecule has 1 aromatic carbocycles. The standard InChI is InChI=1S/C24H24Cl2F3N3O3/c1-31-17(9-15-2-3-18(11-20(15)31)35-24(27,28)29)10-19-22(25)16(12-30-23(19)26)13-32-6-4-14(5-7-32)8-21(33)34/h2-3,9,11-12,14H,4-8,10,13H2,1H3,(H,33,34). The molecule has 0 bridgehead atoms. The molecule has 188 valence electrons. The molecule has 3 aromatic rings. The number of carboxylic acid groups (broad SMARTS) is 1. The number of pyridine rings is 1. The van der Waals surface area contributed by atoms with Crippen LogP contribution in [-0.2, 0) is 24.8 Å². The van der Waals surface area contributed by atoms with Crippen LogP contribution in [0.25, 0.3) is 10.9 Å². The number of carboxylic acids is 1. The van der Waals surface area contributed by atoms with E-state index in [4.69, 9.17) is 28.3 Å². The lowest BCUT2D eigenvalue weighted by atomic mass is 9.93. The van der Waals surface area contributed by atoms with Crippen molar-refractivity contribution in [1.82, 2.24) is 14.5 Å². The van der Waals surface area contributed by atoms with Crippen molar-refractivity contribution < 1.29 is 27.8 Å².